The molecule has 0 fully saturated rings. The molecule has 20 heavy (non-hydrogen) atoms. The van der Waals surface area contributed by atoms with Crippen molar-refractivity contribution in [2.45, 2.75) is 12.3 Å². The molecule has 0 spiro atoms. The van der Waals surface area contributed by atoms with E-state index in [2.05, 4.69) is 11.1 Å². The summed E-state index contributed by atoms with van der Waals surface area (Å²) < 4.78 is 2.01. The number of aromatic nitrogens is 2. The minimum absolute atomic E-state index is 0.215. The first-order valence-electron chi connectivity index (χ1n) is 6.32. The fourth-order valence-corrected chi connectivity index (χ4v) is 2.43. The summed E-state index contributed by atoms with van der Waals surface area (Å²) in [5.41, 5.74) is 3.35. The molecule has 0 saturated heterocycles. The van der Waals surface area contributed by atoms with E-state index in [0.717, 1.165) is 22.5 Å². The molecular weight excluding hydrogens is 270 g/mol. The number of rotatable bonds is 2. The molecule has 0 aliphatic carbocycles. The van der Waals surface area contributed by atoms with Gasteiger partial charge in [-0.3, -0.25) is 4.57 Å². The highest BCUT2D eigenvalue weighted by Gasteiger charge is 2.16. The SMILES string of the molecule is CC(Cl)c1nc2ccc(C#N)cc2n1-c1ccccc1. The second-order valence-electron chi connectivity index (χ2n) is 4.57. The second kappa shape index (κ2) is 4.99. The molecule has 1 heterocycles. The van der Waals surface area contributed by atoms with Gasteiger partial charge in [-0.1, -0.05) is 18.2 Å². The van der Waals surface area contributed by atoms with Crippen LogP contribution in [-0.4, -0.2) is 9.55 Å². The summed E-state index contributed by atoms with van der Waals surface area (Å²) >= 11 is 6.25. The molecule has 0 bridgehead atoms. The molecule has 0 radical (unpaired) electrons. The van der Waals surface area contributed by atoms with Crippen LogP contribution in [0.5, 0.6) is 0 Å². The Morgan fingerprint density at radius 3 is 2.60 bits per heavy atom. The van der Waals surface area contributed by atoms with Crippen molar-refractivity contribution in [3.05, 3.63) is 59.9 Å². The molecule has 98 valence electrons. The molecule has 3 nitrogen and oxygen atoms in total. The van der Waals surface area contributed by atoms with E-state index in [9.17, 15) is 0 Å². The van der Waals surface area contributed by atoms with Gasteiger partial charge in [-0.2, -0.15) is 5.26 Å². The van der Waals surface area contributed by atoms with E-state index in [-0.39, 0.29) is 5.38 Å². The van der Waals surface area contributed by atoms with Gasteiger partial charge in [0.15, 0.2) is 0 Å². The van der Waals surface area contributed by atoms with Crippen molar-refractivity contribution in [2.24, 2.45) is 0 Å². The maximum Gasteiger partial charge on any atom is 0.132 e. The van der Waals surface area contributed by atoms with E-state index in [1.807, 2.05) is 54.0 Å². The van der Waals surface area contributed by atoms with Gasteiger partial charge in [0.1, 0.15) is 5.82 Å². The third-order valence-corrected chi connectivity index (χ3v) is 3.37. The number of hydrogen-bond donors (Lipinski definition) is 0. The molecule has 0 aliphatic heterocycles. The van der Waals surface area contributed by atoms with Crippen molar-refractivity contribution in [3.63, 3.8) is 0 Å². The predicted molar refractivity (Wildman–Crippen MR) is 80.1 cm³/mol. The molecule has 0 amide bonds. The minimum atomic E-state index is -0.215. The third-order valence-electron chi connectivity index (χ3n) is 3.18. The van der Waals surface area contributed by atoms with Crippen LogP contribution in [0, 0.1) is 11.3 Å². The Balaban J connectivity index is 2.37. The van der Waals surface area contributed by atoms with Crippen LogP contribution in [0.3, 0.4) is 0 Å². The Morgan fingerprint density at radius 1 is 1.20 bits per heavy atom. The summed E-state index contributed by atoms with van der Waals surface area (Å²) in [5.74, 6) is 0.781. The van der Waals surface area contributed by atoms with E-state index < -0.39 is 0 Å². The van der Waals surface area contributed by atoms with E-state index >= 15 is 0 Å². The Bertz CT molecular complexity index is 798. The van der Waals surface area contributed by atoms with Gasteiger partial charge in [-0.15, -0.1) is 11.6 Å². The first-order chi connectivity index (χ1) is 9.70. The molecule has 1 unspecified atom stereocenters. The Kier molecular flexibility index (Phi) is 3.17. The fraction of sp³-hybridized carbons (Fsp3) is 0.125. The van der Waals surface area contributed by atoms with Gasteiger partial charge >= 0.3 is 0 Å². The molecule has 4 heteroatoms. The van der Waals surface area contributed by atoms with Crippen LogP contribution in [-0.2, 0) is 0 Å². The second-order valence-corrected chi connectivity index (χ2v) is 5.23. The summed E-state index contributed by atoms with van der Waals surface area (Å²) in [4.78, 5) is 4.59. The van der Waals surface area contributed by atoms with Gasteiger partial charge in [0.25, 0.3) is 0 Å². The van der Waals surface area contributed by atoms with Crippen LogP contribution in [0.4, 0.5) is 0 Å². The van der Waals surface area contributed by atoms with Crippen molar-refractivity contribution >= 4 is 22.6 Å². The lowest BCUT2D eigenvalue weighted by atomic mass is 10.2. The van der Waals surface area contributed by atoms with Gasteiger partial charge in [0.2, 0.25) is 0 Å². The Hall–Kier alpha value is -2.31. The van der Waals surface area contributed by atoms with Crippen molar-refractivity contribution in [1.82, 2.24) is 9.55 Å². The molecule has 1 atom stereocenters. The average molecular weight is 282 g/mol. The fourth-order valence-electron chi connectivity index (χ4n) is 2.28. The lowest BCUT2D eigenvalue weighted by molar-refractivity contribution is 0.882. The molecule has 0 saturated carbocycles. The first kappa shape index (κ1) is 12.7. The van der Waals surface area contributed by atoms with Crippen LogP contribution in [0.2, 0.25) is 0 Å². The third kappa shape index (κ3) is 2.04. The van der Waals surface area contributed by atoms with E-state index in [1.54, 1.807) is 6.07 Å². The summed E-state index contributed by atoms with van der Waals surface area (Å²) in [7, 11) is 0. The Labute approximate surface area is 122 Å². The molecule has 0 aliphatic rings. The summed E-state index contributed by atoms with van der Waals surface area (Å²) in [6.07, 6.45) is 0. The highest BCUT2D eigenvalue weighted by Crippen LogP contribution is 2.28. The largest absolute Gasteiger partial charge is 0.295 e. The van der Waals surface area contributed by atoms with Crippen LogP contribution >= 0.6 is 11.6 Å². The lowest BCUT2D eigenvalue weighted by Crippen LogP contribution is -2.01. The number of halogens is 1. The van der Waals surface area contributed by atoms with Crippen molar-refractivity contribution in [1.29, 1.82) is 5.26 Å². The highest BCUT2D eigenvalue weighted by molar-refractivity contribution is 6.20. The quantitative estimate of drug-likeness (QED) is 0.661. The van der Waals surface area contributed by atoms with Crippen LogP contribution in [0.1, 0.15) is 23.7 Å². The number of nitrogens with zero attached hydrogens (tertiary/aromatic N) is 3. The Morgan fingerprint density at radius 2 is 1.95 bits per heavy atom. The summed E-state index contributed by atoms with van der Waals surface area (Å²) in [6, 6.07) is 17.5. The van der Waals surface area contributed by atoms with E-state index in [1.165, 1.54) is 0 Å². The molecule has 3 aromatic rings. The smallest absolute Gasteiger partial charge is 0.132 e. The zero-order chi connectivity index (χ0) is 14.1. The van der Waals surface area contributed by atoms with Gasteiger partial charge < -0.3 is 0 Å². The predicted octanol–water partition coefficient (Wildman–Crippen LogP) is 4.20. The van der Waals surface area contributed by atoms with Gasteiger partial charge in [-0.05, 0) is 37.3 Å². The maximum atomic E-state index is 9.07. The first-order valence-corrected chi connectivity index (χ1v) is 6.76. The van der Waals surface area contributed by atoms with Crippen LogP contribution in [0.25, 0.3) is 16.7 Å². The van der Waals surface area contributed by atoms with Crippen molar-refractivity contribution in [2.75, 3.05) is 0 Å². The number of imidazole rings is 1. The topological polar surface area (TPSA) is 41.6 Å². The standard InChI is InChI=1S/C16H12ClN3/c1-11(17)16-19-14-8-7-12(10-18)9-15(14)20(16)13-5-3-2-4-6-13/h2-9,11H,1H3. The monoisotopic (exact) mass is 281 g/mol. The van der Waals surface area contributed by atoms with Crippen LogP contribution in [0.15, 0.2) is 48.5 Å². The number of para-hydroxylation sites is 1. The number of benzene rings is 2. The highest BCUT2D eigenvalue weighted by atomic mass is 35.5. The van der Waals surface area contributed by atoms with Crippen molar-refractivity contribution in [3.8, 4) is 11.8 Å². The number of nitriles is 1. The number of alkyl halides is 1. The zero-order valence-electron chi connectivity index (χ0n) is 10.9. The summed E-state index contributed by atoms with van der Waals surface area (Å²) in [5, 5.41) is 8.85. The van der Waals surface area contributed by atoms with Gasteiger partial charge in [0, 0.05) is 5.69 Å². The van der Waals surface area contributed by atoms with Gasteiger partial charge in [-0.25, -0.2) is 4.98 Å². The number of hydrogen-bond acceptors (Lipinski definition) is 2. The molecular formula is C16H12ClN3. The number of fused-ring (bicyclic) bond motifs is 1. The lowest BCUT2D eigenvalue weighted by Gasteiger charge is -2.10. The summed E-state index contributed by atoms with van der Waals surface area (Å²) in [6.45, 7) is 1.90. The van der Waals surface area contributed by atoms with E-state index in [0.29, 0.717) is 5.56 Å². The van der Waals surface area contributed by atoms with E-state index in [4.69, 9.17) is 16.9 Å². The van der Waals surface area contributed by atoms with Crippen molar-refractivity contribution < 1.29 is 0 Å². The van der Waals surface area contributed by atoms with Crippen LogP contribution < -0.4 is 0 Å². The average Bonchev–Trinajstić information content (AvgIpc) is 2.86. The molecule has 3 rings (SSSR count). The zero-order valence-corrected chi connectivity index (χ0v) is 11.7. The maximum absolute atomic E-state index is 9.07. The molecule has 1 aromatic heterocycles. The molecule has 0 N–H and O–H groups in total. The van der Waals surface area contributed by atoms with Gasteiger partial charge in [0.05, 0.1) is 28.0 Å². The molecule has 2 aromatic carbocycles. The normalized spacial score (nSPS) is 12.2. The minimum Gasteiger partial charge on any atom is -0.295 e.